The maximum Gasteiger partial charge on any atom is 0.143 e. The summed E-state index contributed by atoms with van der Waals surface area (Å²) >= 11 is 0. The predicted molar refractivity (Wildman–Crippen MR) is 68.1 cm³/mol. The van der Waals surface area contributed by atoms with Crippen LogP contribution in [0.4, 0.5) is 11.4 Å². The molecule has 0 radical (unpaired) electrons. The zero-order valence-corrected chi connectivity index (χ0v) is 10.1. The molecule has 0 aromatic heterocycles. The second-order valence-electron chi connectivity index (χ2n) is 4.32. The van der Waals surface area contributed by atoms with Crippen LogP contribution in [-0.4, -0.2) is 19.7 Å². The summed E-state index contributed by atoms with van der Waals surface area (Å²) in [6.07, 6.45) is 3.78. The molecule has 2 rings (SSSR count). The number of hydrogen-bond donors (Lipinski definition) is 1. The van der Waals surface area contributed by atoms with Crippen LogP contribution < -0.4 is 15.4 Å². The van der Waals surface area contributed by atoms with Crippen molar-refractivity contribution in [2.45, 2.75) is 32.2 Å². The molecule has 3 heteroatoms. The van der Waals surface area contributed by atoms with Gasteiger partial charge in [0, 0.05) is 24.3 Å². The van der Waals surface area contributed by atoms with Crippen LogP contribution in [0.15, 0.2) is 18.2 Å². The molecule has 1 heterocycles. The highest BCUT2D eigenvalue weighted by Gasteiger charge is 2.23. The average Bonchev–Trinajstić information content (AvgIpc) is 2.78. The molecule has 0 amide bonds. The van der Waals surface area contributed by atoms with Crippen molar-refractivity contribution in [3.63, 3.8) is 0 Å². The Bertz CT molecular complexity index is 365. The Balaban J connectivity index is 2.26. The molecule has 3 nitrogen and oxygen atoms in total. The maximum absolute atomic E-state index is 5.82. The van der Waals surface area contributed by atoms with Gasteiger partial charge in [0.2, 0.25) is 0 Å². The lowest BCUT2D eigenvalue weighted by molar-refractivity contribution is 0.417. The van der Waals surface area contributed by atoms with Gasteiger partial charge in [0.15, 0.2) is 0 Å². The van der Waals surface area contributed by atoms with Crippen LogP contribution in [0.1, 0.15) is 26.2 Å². The van der Waals surface area contributed by atoms with E-state index < -0.39 is 0 Å². The molecule has 1 aliphatic rings. The van der Waals surface area contributed by atoms with E-state index in [4.69, 9.17) is 10.5 Å². The van der Waals surface area contributed by atoms with Gasteiger partial charge in [-0.3, -0.25) is 0 Å². The highest BCUT2D eigenvalue weighted by Crippen LogP contribution is 2.32. The van der Waals surface area contributed by atoms with E-state index in [1.807, 2.05) is 12.1 Å². The molecular weight excluding hydrogens is 200 g/mol. The maximum atomic E-state index is 5.82. The lowest BCUT2D eigenvalue weighted by Gasteiger charge is -2.26. The number of methoxy groups -OCH3 is 1. The third kappa shape index (κ3) is 1.94. The summed E-state index contributed by atoms with van der Waals surface area (Å²) in [5, 5.41) is 0. The van der Waals surface area contributed by atoms with Gasteiger partial charge in [-0.1, -0.05) is 6.92 Å². The van der Waals surface area contributed by atoms with Crippen LogP contribution in [-0.2, 0) is 0 Å². The van der Waals surface area contributed by atoms with Crippen LogP contribution in [0.2, 0.25) is 0 Å². The fourth-order valence-corrected chi connectivity index (χ4v) is 2.48. The molecule has 1 fully saturated rings. The Morgan fingerprint density at radius 2 is 2.31 bits per heavy atom. The highest BCUT2D eigenvalue weighted by atomic mass is 16.5. The molecule has 2 N–H and O–H groups in total. The van der Waals surface area contributed by atoms with Crippen LogP contribution >= 0.6 is 0 Å². The van der Waals surface area contributed by atoms with E-state index in [2.05, 4.69) is 17.9 Å². The van der Waals surface area contributed by atoms with Crippen LogP contribution in [0, 0.1) is 0 Å². The third-order valence-corrected chi connectivity index (χ3v) is 3.40. The monoisotopic (exact) mass is 220 g/mol. The van der Waals surface area contributed by atoms with E-state index >= 15 is 0 Å². The molecule has 0 spiro atoms. The molecule has 16 heavy (non-hydrogen) atoms. The minimum absolute atomic E-state index is 0.674. The van der Waals surface area contributed by atoms with E-state index in [0.29, 0.717) is 11.7 Å². The van der Waals surface area contributed by atoms with Gasteiger partial charge in [-0.15, -0.1) is 0 Å². The average molecular weight is 220 g/mol. The molecule has 1 atom stereocenters. The first-order chi connectivity index (χ1) is 7.76. The van der Waals surface area contributed by atoms with Gasteiger partial charge in [-0.05, 0) is 31.4 Å². The Labute approximate surface area is 97.2 Å². The summed E-state index contributed by atoms with van der Waals surface area (Å²) in [4.78, 5) is 2.46. The van der Waals surface area contributed by atoms with Gasteiger partial charge in [0.05, 0.1) is 12.8 Å². The second kappa shape index (κ2) is 4.64. The number of ether oxygens (including phenoxy) is 1. The van der Waals surface area contributed by atoms with Crippen molar-refractivity contribution in [3.05, 3.63) is 18.2 Å². The summed E-state index contributed by atoms with van der Waals surface area (Å²) in [5.41, 5.74) is 7.76. The molecule has 1 aromatic carbocycles. The minimum atomic E-state index is 0.674. The zero-order chi connectivity index (χ0) is 11.5. The number of benzene rings is 1. The molecule has 88 valence electrons. The molecular formula is C13H20N2O. The van der Waals surface area contributed by atoms with E-state index in [1.54, 1.807) is 7.11 Å². The number of nitrogens with two attached hydrogens (primary N) is 1. The Hall–Kier alpha value is -1.38. The molecule has 1 saturated heterocycles. The van der Waals surface area contributed by atoms with E-state index in [0.717, 1.165) is 12.3 Å². The quantitative estimate of drug-likeness (QED) is 0.796. The summed E-state index contributed by atoms with van der Waals surface area (Å²) < 4.78 is 5.26. The van der Waals surface area contributed by atoms with Crippen molar-refractivity contribution in [1.29, 1.82) is 0 Å². The molecule has 1 unspecified atom stereocenters. The zero-order valence-electron chi connectivity index (χ0n) is 10.1. The van der Waals surface area contributed by atoms with Crippen LogP contribution in [0.3, 0.4) is 0 Å². The van der Waals surface area contributed by atoms with Crippen molar-refractivity contribution >= 4 is 11.4 Å². The number of hydrogen-bond acceptors (Lipinski definition) is 3. The third-order valence-electron chi connectivity index (χ3n) is 3.40. The topological polar surface area (TPSA) is 38.5 Å². The van der Waals surface area contributed by atoms with Crippen molar-refractivity contribution in [3.8, 4) is 5.75 Å². The van der Waals surface area contributed by atoms with Crippen LogP contribution in [0.5, 0.6) is 5.75 Å². The lowest BCUT2D eigenvalue weighted by Crippen LogP contribution is -2.28. The molecule has 1 aromatic rings. The van der Waals surface area contributed by atoms with Crippen molar-refractivity contribution in [2.75, 3.05) is 24.3 Å². The number of nitrogen functional groups attached to an aromatic ring is 1. The van der Waals surface area contributed by atoms with Gasteiger partial charge in [-0.25, -0.2) is 0 Å². The van der Waals surface area contributed by atoms with Gasteiger partial charge in [-0.2, -0.15) is 0 Å². The molecule has 0 aliphatic carbocycles. The summed E-state index contributed by atoms with van der Waals surface area (Å²) in [6.45, 7) is 3.39. The SMILES string of the molecule is CCC1CCCN1c1ccc(N)c(OC)c1. The van der Waals surface area contributed by atoms with E-state index in [-0.39, 0.29) is 0 Å². The number of anilines is 2. The number of rotatable bonds is 3. The van der Waals surface area contributed by atoms with Crippen molar-refractivity contribution < 1.29 is 4.74 Å². The predicted octanol–water partition coefficient (Wildman–Crippen LogP) is 2.66. The van der Waals surface area contributed by atoms with E-state index in [9.17, 15) is 0 Å². The Morgan fingerprint density at radius 3 is 3.00 bits per heavy atom. The van der Waals surface area contributed by atoms with Gasteiger partial charge < -0.3 is 15.4 Å². The Kier molecular flexibility index (Phi) is 3.22. The largest absolute Gasteiger partial charge is 0.495 e. The minimum Gasteiger partial charge on any atom is -0.495 e. The highest BCUT2D eigenvalue weighted by molar-refractivity contribution is 5.63. The number of nitrogens with zero attached hydrogens (tertiary/aromatic N) is 1. The first kappa shape index (κ1) is 11.1. The molecule has 0 saturated carbocycles. The van der Waals surface area contributed by atoms with Crippen molar-refractivity contribution in [2.24, 2.45) is 0 Å². The summed E-state index contributed by atoms with van der Waals surface area (Å²) in [6, 6.07) is 6.74. The normalized spacial score (nSPS) is 20.1. The summed E-state index contributed by atoms with van der Waals surface area (Å²) in [7, 11) is 1.66. The first-order valence-corrected chi connectivity index (χ1v) is 5.96. The van der Waals surface area contributed by atoms with Crippen molar-refractivity contribution in [1.82, 2.24) is 0 Å². The smallest absolute Gasteiger partial charge is 0.143 e. The standard InChI is InChI=1S/C13H20N2O/c1-3-10-5-4-8-15(10)11-6-7-12(14)13(9-11)16-2/h6-7,9-10H,3-5,8,14H2,1-2H3. The summed E-state index contributed by atoms with van der Waals surface area (Å²) in [5.74, 6) is 0.777. The fourth-order valence-electron chi connectivity index (χ4n) is 2.48. The first-order valence-electron chi connectivity index (χ1n) is 5.96. The molecule has 1 aliphatic heterocycles. The second-order valence-corrected chi connectivity index (χ2v) is 4.32. The van der Waals surface area contributed by atoms with Crippen LogP contribution in [0.25, 0.3) is 0 Å². The lowest BCUT2D eigenvalue weighted by atomic mass is 10.1. The Morgan fingerprint density at radius 1 is 1.50 bits per heavy atom. The molecule has 0 bridgehead atoms. The van der Waals surface area contributed by atoms with Gasteiger partial charge in [0.1, 0.15) is 5.75 Å². The van der Waals surface area contributed by atoms with Gasteiger partial charge in [0.25, 0.3) is 0 Å². The van der Waals surface area contributed by atoms with Gasteiger partial charge >= 0.3 is 0 Å². The van der Waals surface area contributed by atoms with E-state index in [1.165, 1.54) is 24.9 Å². The fraction of sp³-hybridized carbons (Fsp3) is 0.538.